The normalized spacial score (nSPS) is 11.2. The highest BCUT2D eigenvalue weighted by Crippen LogP contribution is 2.13. The number of oxime groups is 1. The van der Waals surface area contributed by atoms with Crippen molar-refractivity contribution in [3.8, 4) is 0 Å². The predicted octanol–water partition coefficient (Wildman–Crippen LogP) is 1.74. The molecule has 6 heteroatoms. The van der Waals surface area contributed by atoms with E-state index in [0.29, 0.717) is 16.8 Å². The highest BCUT2D eigenvalue weighted by Gasteiger charge is 2.09. The number of hydrogen-bond acceptors (Lipinski definition) is 4. The summed E-state index contributed by atoms with van der Waals surface area (Å²) in [5, 5.41) is 14.3. The van der Waals surface area contributed by atoms with Gasteiger partial charge >= 0.3 is 0 Å². The third-order valence-electron chi connectivity index (χ3n) is 2.78. The molecule has 2 aromatic rings. The molecule has 0 aliphatic heterocycles. The molecule has 0 spiro atoms. The van der Waals surface area contributed by atoms with Crippen LogP contribution >= 0.6 is 0 Å². The molecule has 0 atom stereocenters. The van der Waals surface area contributed by atoms with E-state index in [1.807, 2.05) is 6.92 Å². The first kappa shape index (κ1) is 13.5. The molecule has 1 aromatic carbocycles. The van der Waals surface area contributed by atoms with Gasteiger partial charge in [0.2, 0.25) is 0 Å². The number of carbonyl (C=O) groups excluding carboxylic acids is 1. The Morgan fingerprint density at radius 1 is 1.30 bits per heavy atom. The van der Waals surface area contributed by atoms with Gasteiger partial charge in [-0.05, 0) is 31.2 Å². The number of rotatable bonds is 3. The van der Waals surface area contributed by atoms with Gasteiger partial charge in [-0.3, -0.25) is 9.78 Å². The molecule has 0 aliphatic rings. The maximum atomic E-state index is 12.1. The fourth-order valence-electron chi connectivity index (χ4n) is 1.69. The van der Waals surface area contributed by atoms with Crippen LogP contribution in [0.1, 0.15) is 21.6 Å². The smallest absolute Gasteiger partial charge is 0.255 e. The zero-order chi connectivity index (χ0) is 14.5. The zero-order valence-electron chi connectivity index (χ0n) is 10.9. The van der Waals surface area contributed by atoms with Crippen LogP contribution < -0.4 is 11.1 Å². The third-order valence-corrected chi connectivity index (χ3v) is 2.78. The van der Waals surface area contributed by atoms with Crippen LogP contribution in [0.3, 0.4) is 0 Å². The van der Waals surface area contributed by atoms with E-state index in [9.17, 15) is 4.79 Å². The molecule has 1 amide bonds. The highest BCUT2D eigenvalue weighted by atomic mass is 16.4. The van der Waals surface area contributed by atoms with Crippen LogP contribution in [0.2, 0.25) is 0 Å². The summed E-state index contributed by atoms with van der Waals surface area (Å²) in [6, 6.07) is 10.0. The van der Waals surface area contributed by atoms with Gasteiger partial charge in [0.25, 0.3) is 5.91 Å². The Hall–Kier alpha value is -2.89. The average Bonchev–Trinajstić information content (AvgIpc) is 2.49. The monoisotopic (exact) mass is 270 g/mol. The Balaban J connectivity index is 2.24. The molecule has 4 N–H and O–H groups in total. The Bertz CT molecular complexity index is 668. The number of anilines is 1. The zero-order valence-corrected chi connectivity index (χ0v) is 10.9. The van der Waals surface area contributed by atoms with Crippen molar-refractivity contribution in [1.29, 1.82) is 0 Å². The standard InChI is InChI=1S/C14H14N4O2/c1-9-12(6-3-7-16-9)17-14(19)11-5-2-4-10(8-11)13(15)18-20/h2-8,20H,1H3,(H2,15,18)(H,17,19). The summed E-state index contributed by atoms with van der Waals surface area (Å²) >= 11 is 0. The molecule has 2 rings (SSSR count). The maximum Gasteiger partial charge on any atom is 0.255 e. The van der Waals surface area contributed by atoms with Crippen LogP contribution in [0.15, 0.2) is 47.8 Å². The molecule has 0 saturated heterocycles. The molecule has 1 heterocycles. The number of nitrogens with one attached hydrogen (secondary N) is 1. The number of nitrogens with two attached hydrogens (primary N) is 1. The van der Waals surface area contributed by atoms with Crippen LogP contribution in [0.25, 0.3) is 0 Å². The molecular formula is C14H14N4O2. The van der Waals surface area contributed by atoms with E-state index in [0.717, 1.165) is 5.69 Å². The van der Waals surface area contributed by atoms with E-state index in [-0.39, 0.29) is 11.7 Å². The fraction of sp³-hybridized carbons (Fsp3) is 0.0714. The van der Waals surface area contributed by atoms with Gasteiger partial charge < -0.3 is 16.3 Å². The maximum absolute atomic E-state index is 12.1. The molecular weight excluding hydrogens is 256 g/mol. The second-order valence-corrected chi connectivity index (χ2v) is 4.16. The highest BCUT2D eigenvalue weighted by molar-refractivity contribution is 6.06. The number of hydrogen-bond donors (Lipinski definition) is 3. The van der Waals surface area contributed by atoms with Crippen LogP contribution in [-0.4, -0.2) is 21.9 Å². The Morgan fingerprint density at radius 2 is 2.05 bits per heavy atom. The quantitative estimate of drug-likeness (QED) is 0.342. The minimum atomic E-state index is -0.284. The second-order valence-electron chi connectivity index (χ2n) is 4.16. The molecule has 0 bridgehead atoms. The van der Waals surface area contributed by atoms with Gasteiger partial charge in [0.15, 0.2) is 5.84 Å². The van der Waals surface area contributed by atoms with E-state index in [1.165, 1.54) is 0 Å². The lowest BCUT2D eigenvalue weighted by Gasteiger charge is -2.08. The van der Waals surface area contributed by atoms with Crippen molar-refractivity contribution in [2.75, 3.05) is 5.32 Å². The number of carbonyl (C=O) groups is 1. The van der Waals surface area contributed by atoms with Gasteiger partial charge in [-0.1, -0.05) is 17.3 Å². The lowest BCUT2D eigenvalue weighted by molar-refractivity contribution is 0.102. The van der Waals surface area contributed by atoms with E-state index in [2.05, 4.69) is 15.5 Å². The van der Waals surface area contributed by atoms with Gasteiger partial charge in [-0.25, -0.2) is 0 Å². The van der Waals surface area contributed by atoms with E-state index >= 15 is 0 Å². The van der Waals surface area contributed by atoms with Crippen molar-refractivity contribution in [3.63, 3.8) is 0 Å². The molecule has 102 valence electrons. The van der Waals surface area contributed by atoms with E-state index in [4.69, 9.17) is 10.9 Å². The number of pyridine rings is 1. The van der Waals surface area contributed by atoms with Crippen molar-refractivity contribution >= 4 is 17.4 Å². The Morgan fingerprint density at radius 3 is 2.75 bits per heavy atom. The summed E-state index contributed by atoms with van der Waals surface area (Å²) in [6.07, 6.45) is 1.66. The fourth-order valence-corrected chi connectivity index (χ4v) is 1.69. The van der Waals surface area contributed by atoms with Crippen molar-refractivity contribution in [3.05, 3.63) is 59.4 Å². The second kappa shape index (κ2) is 5.83. The summed E-state index contributed by atoms with van der Waals surface area (Å²) in [6.45, 7) is 1.81. The first-order chi connectivity index (χ1) is 9.61. The molecule has 20 heavy (non-hydrogen) atoms. The molecule has 1 aromatic heterocycles. The lowest BCUT2D eigenvalue weighted by Crippen LogP contribution is -2.16. The van der Waals surface area contributed by atoms with Gasteiger partial charge in [0.05, 0.1) is 11.4 Å². The topological polar surface area (TPSA) is 101 Å². The van der Waals surface area contributed by atoms with Crippen molar-refractivity contribution in [2.24, 2.45) is 10.9 Å². The largest absolute Gasteiger partial charge is 0.409 e. The summed E-state index contributed by atoms with van der Waals surface area (Å²) in [5.74, 6) is -0.328. The summed E-state index contributed by atoms with van der Waals surface area (Å²) in [4.78, 5) is 16.2. The first-order valence-electron chi connectivity index (χ1n) is 5.92. The molecule has 0 aliphatic carbocycles. The molecule has 6 nitrogen and oxygen atoms in total. The summed E-state index contributed by atoms with van der Waals surface area (Å²) < 4.78 is 0. The summed E-state index contributed by atoms with van der Waals surface area (Å²) in [7, 11) is 0. The van der Waals surface area contributed by atoms with Crippen LogP contribution in [0, 0.1) is 6.92 Å². The van der Waals surface area contributed by atoms with Gasteiger partial charge in [0, 0.05) is 17.3 Å². The van der Waals surface area contributed by atoms with E-state index in [1.54, 1.807) is 42.6 Å². The minimum absolute atomic E-state index is 0.0443. The Kier molecular flexibility index (Phi) is 3.95. The number of amides is 1. The van der Waals surface area contributed by atoms with Crippen molar-refractivity contribution < 1.29 is 10.0 Å². The van der Waals surface area contributed by atoms with Crippen molar-refractivity contribution in [1.82, 2.24) is 4.98 Å². The third kappa shape index (κ3) is 2.92. The van der Waals surface area contributed by atoms with E-state index < -0.39 is 0 Å². The number of aromatic nitrogens is 1. The number of amidine groups is 1. The summed E-state index contributed by atoms with van der Waals surface area (Å²) in [5.41, 5.74) is 7.76. The average molecular weight is 270 g/mol. The predicted molar refractivity (Wildman–Crippen MR) is 75.9 cm³/mol. The van der Waals surface area contributed by atoms with Crippen molar-refractivity contribution in [2.45, 2.75) is 6.92 Å². The number of aryl methyl sites for hydroxylation is 1. The molecule has 0 fully saturated rings. The number of nitrogens with zero attached hydrogens (tertiary/aromatic N) is 2. The van der Waals surface area contributed by atoms with Gasteiger partial charge in [-0.15, -0.1) is 0 Å². The molecule has 0 radical (unpaired) electrons. The molecule has 0 unspecified atom stereocenters. The van der Waals surface area contributed by atoms with Crippen LogP contribution in [-0.2, 0) is 0 Å². The Labute approximate surface area is 115 Å². The van der Waals surface area contributed by atoms with Gasteiger partial charge in [-0.2, -0.15) is 0 Å². The lowest BCUT2D eigenvalue weighted by atomic mass is 10.1. The van der Waals surface area contributed by atoms with Crippen LogP contribution in [0.5, 0.6) is 0 Å². The minimum Gasteiger partial charge on any atom is -0.409 e. The SMILES string of the molecule is Cc1ncccc1NC(=O)c1cccc(C(N)=NO)c1. The number of benzene rings is 1. The van der Waals surface area contributed by atoms with Gasteiger partial charge in [0.1, 0.15) is 0 Å². The van der Waals surface area contributed by atoms with Crippen LogP contribution in [0.4, 0.5) is 5.69 Å². The first-order valence-corrected chi connectivity index (χ1v) is 5.92. The molecule has 0 saturated carbocycles.